The molecule has 0 bridgehead atoms. The molecule has 1 atom stereocenters. The van der Waals surface area contributed by atoms with Gasteiger partial charge < -0.3 is 9.88 Å². The molecule has 4 aliphatic rings. The van der Waals surface area contributed by atoms with Crippen LogP contribution in [0.5, 0.6) is 0 Å². The predicted octanol–water partition coefficient (Wildman–Crippen LogP) is 3.11. The third-order valence-electron chi connectivity index (χ3n) is 7.92. The van der Waals surface area contributed by atoms with Gasteiger partial charge in [-0.1, -0.05) is 6.08 Å². The Balaban J connectivity index is 1.15. The molecule has 3 aliphatic carbocycles. The lowest BCUT2D eigenvalue weighted by Gasteiger charge is -2.38. The molecule has 1 saturated heterocycles. The zero-order valence-corrected chi connectivity index (χ0v) is 18.4. The highest BCUT2D eigenvalue weighted by atomic mass is 16.1. The molecule has 1 aliphatic heterocycles. The van der Waals surface area contributed by atoms with Crippen LogP contribution in [0, 0.1) is 12.3 Å². The fraction of sp³-hybridized carbons (Fsp3) is 0.560. The molecule has 0 radical (unpaired) electrons. The summed E-state index contributed by atoms with van der Waals surface area (Å²) in [5, 5.41) is 0. The van der Waals surface area contributed by atoms with E-state index >= 15 is 0 Å². The first-order valence-corrected chi connectivity index (χ1v) is 11.8. The lowest BCUT2D eigenvalue weighted by molar-refractivity contribution is 0.214. The Hall–Kier alpha value is -2.47. The number of pyridine rings is 1. The standard InChI is InChI=1S/C25H31N5O/c1-17-5-9-26-22(14-17)30-12-10-29(11-13-30)19-3-2-18(15-19)23-27-21-4-6-25(7-8-25)16-20(21)24(31)28-23/h5,9,14-15,19H,2-4,6-8,10-13,16H2,1H3,(H,27,28,31)/t19-/m1/s1. The monoisotopic (exact) mass is 417 g/mol. The number of aromatic amines is 1. The fourth-order valence-electron chi connectivity index (χ4n) is 5.70. The second-order valence-corrected chi connectivity index (χ2v) is 10.0. The molecule has 2 fully saturated rings. The van der Waals surface area contributed by atoms with Crippen LogP contribution >= 0.6 is 0 Å². The average molecular weight is 418 g/mol. The van der Waals surface area contributed by atoms with E-state index in [0.717, 1.165) is 74.8 Å². The molecule has 0 amide bonds. The Kier molecular flexibility index (Phi) is 4.53. The number of rotatable bonds is 3. The minimum Gasteiger partial charge on any atom is -0.354 e. The van der Waals surface area contributed by atoms with Crippen LogP contribution in [0.1, 0.15) is 54.7 Å². The van der Waals surface area contributed by atoms with Crippen molar-refractivity contribution in [3.8, 4) is 0 Å². The van der Waals surface area contributed by atoms with E-state index in [1.807, 2.05) is 12.3 Å². The van der Waals surface area contributed by atoms with Gasteiger partial charge in [-0.25, -0.2) is 9.97 Å². The Labute approximate surface area is 183 Å². The molecule has 1 saturated carbocycles. The summed E-state index contributed by atoms with van der Waals surface area (Å²) in [6.45, 7) is 6.22. The maximum Gasteiger partial charge on any atom is 0.254 e. The summed E-state index contributed by atoms with van der Waals surface area (Å²) in [5.41, 5.74) is 5.05. The van der Waals surface area contributed by atoms with Crippen molar-refractivity contribution in [2.24, 2.45) is 5.41 Å². The van der Waals surface area contributed by atoms with Gasteiger partial charge in [0.1, 0.15) is 11.6 Å². The Morgan fingerprint density at radius 2 is 1.97 bits per heavy atom. The number of aryl methyl sites for hydroxylation is 2. The van der Waals surface area contributed by atoms with Gasteiger partial charge in [-0.05, 0) is 80.6 Å². The van der Waals surface area contributed by atoms with E-state index in [0.29, 0.717) is 11.5 Å². The molecule has 1 N–H and O–H groups in total. The van der Waals surface area contributed by atoms with Crippen molar-refractivity contribution in [1.82, 2.24) is 19.9 Å². The van der Waals surface area contributed by atoms with Crippen molar-refractivity contribution >= 4 is 11.4 Å². The molecule has 2 aromatic rings. The maximum atomic E-state index is 12.8. The summed E-state index contributed by atoms with van der Waals surface area (Å²) in [6.07, 6.45) is 12.1. The number of nitrogens with one attached hydrogen (secondary N) is 1. The van der Waals surface area contributed by atoms with Crippen LogP contribution in [-0.2, 0) is 12.8 Å². The van der Waals surface area contributed by atoms with Gasteiger partial charge >= 0.3 is 0 Å². The highest BCUT2D eigenvalue weighted by Gasteiger charge is 2.45. The largest absolute Gasteiger partial charge is 0.354 e. The minimum absolute atomic E-state index is 0.106. The lowest BCUT2D eigenvalue weighted by Crippen LogP contribution is -2.49. The number of allylic oxidation sites excluding steroid dienone is 1. The van der Waals surface area contributed by atoms with Crippen molar-refractivity contribution in [2.45, 2.75) is 57.9 Å². The van der Waals surface area contributed by atoms with Gasteiger partial charge in [0, 0.05) is 44.0 Å². The van der Waals surface area contributed by atoms with Crippen LogP contribution < -0.4 is 10.5 Å². The number of nitrogens with zero attached hydrogens (tertiary/aromatic N) is 4. The first kappa shape index (κ1) is 19.2. The van der Waals surface area contributed by atoms with E-state index in [9.17, 15) is 4.79 Å². The molecule has 0 aromatic carbocycles. The van der Waals surface area contributed by atoms with E-state index in [4.69, 9.17) is 4.98 Å². The molecule has 1 spiro atoms. The van der Waals surface area contributed by atoms with Gasteiger partial charge in [0.2, 0.25) is 0 Å². The zero-order valence-electron chi connectivity index (χ0n) is 18.4. The van der Waals surface area contributed by atoms with Gasteiger partial charge in [-0.15, -0.1) is 0 Å². The highest BCUT2D eigenvalue weighted by molar-refractivity contribution is 5.63. The smallest absolute Gasteiger partial charge is 0.254 e. The molecular formula is C25H31N5O. The van der Waals surface area contributed by atoms with Crippen molar-refractivity contribution in [2.75, 3.05) is 31.1 Å². The number of piperazine rings is 1. The number of hydrogen-bond acceptors (Lipinski definition) is 5. The van der Waals surface area contributed by atoms with Crippen molar-refractivity contribution in [1.29, 1.82) is 0 Å². The average Bonchev–Trinajstić information content (AvgIpc) is 3.34. The Morgan fingerprint density at radius 1 is 1.13 bits per heavy atom. The van der Waals surface area contributed by atoms with Crippen LogP contribution in [0.2, 0.25) is 0 Å². The van der Waals surface area contributed by atoms with Gasteiger partial charge in [-0.3, -0.25) is 9.69 Å². The normalized spacial score (nSPS) is 24.9. The van der Waals surface area contributed by atoms with E-state index in [1.54, 1.807) is 0 Å². The molecule has 6 rings (SSSR count). The van der Waals surface area contributed by atoms with Crippen LogP contribution in [0.3, 0.4) is 0 Å². The summed E-state index contributed by atoms with van der Waals surface area (Å²) >= 11 is 0. The summed E-state index contributed by atoms with van der Waals surface area (Å²) in [7, 11) is 0. The molecule has 0 unspecified atom stereocenters. The van der Waals surface area contributed by atoms with Crippen molar-refractivity contribution < 1.29 is 0 Å². The summed E-state index contributed by atoms with van der Waals surface area (Å²) in [5.74, 6) is 1.91. The summed E-state index contributed by atoms with van der Waals surface area (Å²) < 4.78 is 0. The third-order valence-corrected chi connectivity index (χ3v) is 7.92. The molecule has 31 heavy (non-hydrogen) atoms. The molecule has 6 heteroatoms. The second kappa shape index (κ2) is 7.30. The number of H-pyrrole nitrogens is 1. The highest BCUT2D eigenvalue weighted by Crippen LogP contribution is 2.53. The number of anilines is 1. The predicted molar refractivity (Wildman–Crippen MR) is 122 cm³/mol. The van der Waals surface area contributed by atoms with Crippen LogP contribution in [0.4, 0.5) is 5.82 Å². The van der Waals surface area contributed by atoms with E-state index < -0.39 is 0 Å². The number of aromatic nitrogens is 3. The maximum absolute atomic E-state index is 12.8. The van der Waals surface area contributed by atoms with Gasteiger partial charge in [0.15, 0.2) is 0 Å². The van der Waals surface area contributed by atoms with Gasteiger partial charge in [0.25, 0.3) is 5.56 Å². The van der Waals surface area contributed by atoms with E-state index in [1.165, 1.54) is 30.4 Å². The van der Waals surface area contributed by atoms with Crippen molar-refractivity contribution in [3.63, 3.8) is 0 Å². The van der Waals surface area contributed by atoms with Gasteiger partial charge in [0.05, 0.1) is 5.69 Å². The van der Waals surface area contributed by atoms with Gasteiger partial charge in [-0.2, -0.15) is 0 Å². The third kappa shape index (κ3) is 3.61. The molecule has 2 aromatic heterocycles. The summed E-state index contributed by atoms with van der Waals surface area (Å²) in [6, 6.07) is 4.67. The Bertz CT molecular complexity index is 1090. The molecule has 6 nitrogen and oxygen atoms in total. The first-order chi connectivity index (χ1) is 15.1. The topological polar surface area (TPSA) is 65.1 Å². The minimum atomic E-state index is 0.106. The Morgan fingerprint density at radius 3 is 2.74 bits per heavy atom. The van der Waals surface area contributed by atoms with E-state index in [2.05, 4.69) is 38.8 Å². The number of hydrogen-bond donors (Lipinski definition) is 1. The molecule has 3 heterocycles. The quantitative estimate of drug-likeness (QED) is 0.831. The molecule has 162 valence electrons. The second-order valence-electron chi connectivity index (χ2n) is 10.0. The van der Waals surface area contributed by atoms with E-state index in [-0.39, 0.29) is 5.56 Å². The molecular weight excluding hydrogens is 386 g/mol. The SMILES string of the molecule is Cc1ccnc(N2CCN([C@H]3C=C(c4nc5c(c(=O)[nH]4)CC4(CC5)CC4)CC3)CC2)c1. The van der Waals surface area contributed by atoms with Crippen LogP contribution in [0.15, 0.2) is 29.2 Å². The number of fused-ring (bicyclic) bond motifs is 1. The van der Waals surface area contributed by atoms with Crippen LogP contribution in [0.25, 0.3) is 5.57 Å². The van der Waals surface area contributed by atoms with Crippen molar-refractivity contribution in [3.05, 3.63) is 57.4 Å². The fourth-order valence-corrected chi connectivity index (χ4v) is 5.70. The zero-order chi connectivity index (χ0) is 21.0. The lowest BCUT2D eigenvalue weighted by atomic mass is 9.84. The summed E-state index contributed by atoms with van der Waals surface area (Å²) in [4.78, 5) is 30.4. The van der Waals surface area contributed by atoms with Crippen LogP contribution in [-0.4, -0.2) is 52.1 Å². The first-order valence-electron chi connectivity index (χ1n) is 11.8.